The van der Waals surface area contributed by atoms with Gasteiger partial charge in [0.2, 0.25) is 0 Å². The third-order valence-corrected chi connectivity index (χ3v) is 4.16. The molecule has 2 aromatic rings. The summed E-state index contributed by atoms with van der Waals surface area (Å²) in [6.45, 7) is 1.96. The molecule has 0 aliphatic heterocycles. The van der Waals surface area contributed by atoms with Gasteiger partial charge in [-0.1, -0.05) is 24.3 Å². The summed E-state index contributed by atoms with van der Waals surface area (Å²) in [5.74, 6) is 0.328. The minimum Gasteiger partial charge on any atom is -0.326 e. The highest BCUT2D eigenvalue weighted by Gasteiger charge is 2.18. The van der Waals surface area contributed by atoms with Gasteiger partial charge in [-0.3, -0.25) is 4.72 Å². The second-order valence-electron chi connectivity index (χ2n) is 4.09. The fourth-order valence-electron chi connectivity index (χ4n) is 1.71. The Morgan fingerprint density at radius 3 is 2.63 bits per heavy atom. The van der Waals surface area contributed by atoms with Gasteiger partial charge in [-0.25, -0.2) is 13.4 Å². The van der Waals surface area contributed by atoms with Gasteiger partial charge in [-0.2, -0.15) is 0 Å². The molecule has 0 aliphatic carbocycles. The van der Waals surface area contributed by atoms with Crippen LogP contribution in [-0.2, 0) is 16.6 Å². The van der Waals surface area contributed by atoms with Crippen LogP contribution in [0.3, 0.4) is 0 Å². The Balaban J connectivity index is 2.41. The van der Waals surface area contributed by atoms with Crippen molar-refractivity contribution >= 4 is 15.8 Å². The summed E-state index contributed by atoms with van der Waals surface area (Å²) in [6, 6.07) is 10.2. The fraction of sp³-hybridized carbons (Fsp3) is 0.154. The highest BCUT2D eigenvalue weighted by atomic mass is 32.2. The van der Waals surface area contributed by atoms with Crippen LogP contribution in [0.15, 0.2) is 47.5 Å². The molecule has 5 nitrogen and oxygen atoms in total. The molecule has 0 fully saturated rings. The number of nitrogens with two attached hydrogens (primary N) is 1. The number of pyridine rings is 1. The van der Waals surface area contributed by atoms with E-state index >= 15 is 0 Å². The standard InChI is InChI=1S/C13H15N3O2S/c1-10-5-4-8-15-13(10)16-19(17,18)12-7-3-2-6-11(12)9-14/h2-8H,9,14H2,1H3,(H,15,16). The molecule has 0 saturated carbocycles. The number of nitrogens with one attached hydrogen (secondary N) is 1. The zero-order chi connectivity index (χ0) is 13.9. The van der Waals surface area contributed by atoms with Gasteiger partial charge in [-0.05, 0) is 30.2 Å². The average Bonchev–Trinajstić information content (AvgIpc) is 2.41. The highest BCUT2D eigenvalue weighted by molar-refractivity contribution is 7.92. The van der Waals surface area contributed by atoms with E-state index in [0.717, 1.165) is 5.56 Å². The van der Waals surface area contributed by atoms with Crippen molar-refractivity contribution in [3.8, 4) is 0 Å². The summed E-state index contributed by atoms with van der Waals surface area (Å²) < 4.78 is 27.1. The third kappa shape index (κ3) is 2.91. The van der Waals surface area contributed by atoms with Crippen LogP contribution in [0.1, 0.15) is 11.1 Å². The lowest BCUT2D eigenvalue weighted by Crippen LogP contribution is -2.17. The molecule has 0 bridgehead atoms. The van der Waals surface area contributed by atoms with Crippen molar-refractivity contribution in [3.05, 3.63) is 53.7 Å². The number of nitrogens with zero attached hydrogens (tertiary/aromatic N) is 1. The Morgan fingerprint density at radius 2 is 1.95 bits per heavy atom. The molecule has 1 heterocycles. The molecule has 2 rings (SSSR count). The van der Waals surface area contributed by atoms with Crippen LogP contribution in [0.2, 0.25) is 0 Å². The number of rotatable bonds is 4. The molecule has 1 aromatic heterocycles. The summed E-state index contributed by atoms with van der Waals surface area (Å²) in [5, 5.41) is 0. The lowest BCUT2D eigenvalue weighted by molar-refractivity contribution is 0.600. The molecule has 6 heteroatoms. The quantitative estimate of drug-likeness (QED) is 0.889. The molecule has 3 N–H and O–H groups in total. The van der Waals surface area contributed by atoms with Crippen molar-refractivity contribution in [2.24, 2.45) is 5.73 Å². The molecule has 19 heavy (non-hydrogen) atoms. The van der Waals surface area contributed by atoms with Gasteiger partial charge >= 0.3 is 0 Å². The molecule has 100 valence electrons. The van der Waals surface area contributed by atoms with Crippen molar-refractivity contribution in [1.82, 2.24) is 4.98 Å². The maximum Gasteiger partial charge on any atom is 0.263 e. The van der Waals surface area contributed by atoms with Crippen molar-refractivity contribution < 1.29 is 8.42 Å². The summed E-state index contributed by atoms with van der Waals surface area (Å²) in [7, 11) is -3.67. The molecule has 0 saturated heterocycles. The largest absolute Gasteiger partial charge is 0.326 e. The Morgan fingerprint density at radius 1 is 1.21 bits per heavy atom. The van der Waals surface area contributed by atoms with E-state index in [-0.39, 0.29) is 11.4 Å². The number of sulfonamides is 1. The van der Waals surface area contributed by atoms with E-state index in [1.54, 1.807) is 43.5 Å². The molecular weight excluding hydrogens is 262 g/mol. The lowest BCUT2D eigenvalue weighted by atomic mass is 10.2. The Hall–Kier alpha value is -1.92. The first-order valence-corrected chi connectivity index (χ1v) is 7.25. The van der Waals surface area contributed by atoms with Crippen LogP contribution < -0.4 is 10.5 Å². The molecule has 1 aromatic carbocycles. The predicted molar refractivity (Wildman–Crippen MR) is 74.1 cm³/mol. The maximum absolute atomic E-state index is 12.3. The second kappa shape index (κ2) is 5.38. The van der Waals surface area contributed by atoms with Crippen LogP contribution >= 0.6 is 0 Å². The van der Waals surface area contributed by atoms with E-state index in [2.05, 4.69) is 9.71 Å². The van der Waals surface area contributed by atoms with E-state index in [0.29, 0.717) is 11.4 Å². The first-order chi connectivity index (χ1) is 9.04. The average molecular weight is 277 g/mol. The minimum atomic E-state index is -3.67. The first kappa shape index (κ1) is 13.5. The predicted octanol–water partition coefficient (Wildman–Crippen LogP) is 1.65. The van der Waals surface area contributed by atoms with Gasteiger partial charge in [0.1, 0.15) is 5.82 Å². The number of benzene rings is 1. The minimum absolute atomic E-state index is 0.165. The fourth-order valence-corrected chi connectivity index (χ4v) is 3.04. The third-order valence-electron chi connectivity index (χ3n) is 2.72. The van der Waals surface area contributed by atoms with Gasteiger partial charge < -0.3 is 5.73 Å². The van der Waals surface area contributed by atoms with Crippen LogP contribution in [-0.4, -0.2) is 13.4 Å². The SMILES string of the molecule is Cc1cccnc1NS(=O)(=O)c1ccccc1CN. The van der Waals surface area contributed by atoms with Crippen molar-refractivity contribution in [3.63, 3.8) is 0 Å². The number of aryl methyl sites for hydroxylation is 1. The van der Waals surface area contributed by atoms with Gasteiger partial charge in [0.25, 0.3) is 10.0 Å². The molecular formula is C13H15N3O2S. The number of hydrogen-bond acceptors (Lipinski definition) is 4. The number of hydrogen-bond donors (Lipinski definition) is 2. The van der Waals surface area contributed by atoms with Gasteiger partial charge in [0.15, 0.2) is 0 Å². The topological polar surface area (TPSA) is 85.1 Å². The van der Waals surface area contributed by atoms with E-state index < -0.39 is 10.0 Å². The van der Waals surface area contributed by atoms with Crippen LogP contribution in [0.4, 0.5) is 5.82 Å². The molecule has 0 unspecified atom stereocenters. The molecule has 0 spiro atoms. The number of anilines is 1. The summed E-state index contributed by atoms with van der Waals surface area (Å²) in [4.78, 5) is 4.21. The smallest absolute Gasteiger partial charge is 0.263 e. The van der Waals surface area contributed by atoms with Crippen molar-refractivity contribution in [2.75, 3.05) is 4.72 Å². The van der Waals surface area contributed by atoms with Gasteiger partial charge in [-0.15, -0.1) is 0 Å². The summed E-state index contributed by atoms with van der Waals surface area (Å²) >= 11 is 0. The van der Waals surface area contributed by atoms with E-state index in [9.17, 15) is 8.42 Å². The van der Waals surface area contributed by atoms with Gasteiger partial charge in [0, 0.05) is 12.7 Å². The Labute approximate surface area is 112 Å². The molecule has 0 amide bonds. The zero-order valence-electron chi connectivity index (χ0n) is 10.5. The normalized spacial score (nSPS) is 11.3. The van der Waals surface area contributed by atoms with E-state index in [1.165, 1.54) is 6.07 Å². The molecule has 0 radical (unpaired) electrons. The van der Waals surface area contributed by atoms with Crippen LogP contribution in [0.25, 0.3) is 0 Å². The lowest BCUT2D eigenvalue weighted by Gasteiger charge is -2.11. The monoisotopic (exact) mass is 277 g/mol. The maximum atomic E-state index is 12.3. The zero-order valence-corrected chi connectivity index (χ0v) is 11.3. The molecule has 0 atom stereocenters. The van der Waals surface area contributed by atoms with Gasteiger partial charge in [0.05, 0.1) is 4.90 Å². The summed E-state index contributed by atoms with van der Waals surface area (Å²) in [6.07, 6.45) is 1.54. The molecule has 0 aliphatic rings. The van der Waals surface area contributed by atoms with Crippen molar-refractivity contribution in [2.45, 2.75) is 18.4 Å². The Kier molecular flexibility index (Phi) is 3.82. The van der Waals surface area contributed by atoms with E-state index in [4.69, 9.17) is 5.73 Å². The summed E-state index contributed by atoms with van der Waals surface area (Å²) in [5.41, 5.74) is 6.90. The number of aromatic nitrogens is 1. The highest BCUT2D eigenvalue weighted by Crippen LogP contribution is 2.19. The van der Waals surface area contributed by atoms with Crippen molar-refractivity contribution in [1.29, 1.82) is 0 Å². The van der Waals surface area contributed by atoms with Crippen LogP contribution in [0.5, 0.6) is 0 Å². The second-order valence-corrected chi connectivity index (χ2v) is 5.74. The van der Waals surface area contributed by atoms with E-state index in [1.807, 2.05) is 0 Å². The first-order valence-electron chi connectivity index (χ1n) is 5.77. The Bertz CT molecular complexity index is 684. The van der Waals surface area contributed by atoms with Crippen LogP contribution in [0, 0.1) is 6.92 Å².